The average Bonchev–Trinajstić information content (AvgIpc) is 3.06. The number of carbonyl (C=O) groups is 1. The van der Waals surface area contributed by atoms with Crippen LogP contribution in [0.5, 0.6) is 5.75 Å². The summed E-state index contributed by atoms with van der Waals surface area (Å²) in [4.78, 5) is 23.6. The van der Waals surface area contributed by atoms with Crippen LogP contribution in [0.25, 0.3) is 0 Å². The van der Waals surface area contributed by atoms with Gasteiger partial charge in [-0.25, -0.2) is 9.37 Å². The van der Waals surface area contributed by atoms with Crippen LogP contribution in [0, 0.1) is 5.82 Å². The smallest absolute Gasteiger partial charge is 0.250 e. The molecule has 3 aliphatic rings. The summed E-state index contributed by atoms with van der Waals surface area (Å²) in [7, 11) is 0. The van der Waals surface area contributed by atoms with E-state index in [1.54, 1.807) is 18.3 Å². The predicted octanol–water partition coefficient (Wildman–Crippen LogP) is 2.95. The second kappa shape index (κ2) is 6.32. The molecule has 1 amide bonds. The van der Waals surface area contributed by atoms with Crippen LogP contribution in [0.2, 0.25) is 0 Å². The summed E-state index contributed by atoms with van der Waals surface area (Å²) in [6.07, 6.45) is 5.23. The van der Waals surface area contributed by atoms with E-state index in [0.717, 1.165) is 38.0 Å². The Kier molecular flexibility index (Phi) is 3.89. The lowest BCUT2D eigenvalue weighted by Gasteiger charge is -2.40. The summed E-state index contributed by atoms with van der Waals surface area (Å²) < 4.78 is 18.8. The second-order valence-corrected chi connectivity index (χ2v) is 7.92. The number of aromatic nitrogens is 2. The first-order chi connectivity index (χ1) is 13.5. The molecule has 0 unspecified atom stereocenters. The number of amides is 1. The van der Waals surface area contributed by atoms with Gasteiger partial charge in [-0.05, 0) is 44.0 Å². The normalized spacial score (nSPS) is 28.1. The molecule has 0 radical (unpaired) electrons. The van der Waals surface area contributed by atoms with Crippen LogP contribution in [0.4, 0.5) is 21.8 Å². The van der Waals surface area contributed by atoms with Crippen molar-refractivity contribution >= 4 is 23.4 Å². The van der Waals surface area contributed by atoms with Crippen LogP contribution in [0.1, 0.15) is 32.6 Å². The third-order valence-electron chi connectivity index (χ3n) is 5.95. The van der Waals surface area contributed by atoms with Crippen LogP contribution < -0.4 is 20.3 Å². The van der Waals surface area contributed by atoms with Crippen LogP contribution in [-0.2, 0) is 4.79 Å². The van der Waals surface area contributed by atoms with Gasteiger partial charge in [-0.15, -0.1) is 0 Å². The lowest BCUT2D eigenvalue weighted by molar-refractivity contribution is -0.120. The van der Waals surface area contributed by atoms with E-state index in [0.29, 0.717) is 17.4 Å². The molecule has 2 aromatic rings. The fraction of sp³-hybridized carbons (Fsp3) is 0.450. The predicted molar refractivity (Wildman–Crippen MR) is 103 cm³/mol. The molecule has 1 aliphatic carbocycles. The van der Waals surface area contributed by atoms with Gasteiger partial charge in [-0.3, -0.25) is 4.79 Å². The number of halogens is 1. The number of hydrogen-bond acceptors (Lipinski definition) is 6. The Labute approximate surface area is 162 Å². The molecule has 1 saturated carbocycles. The zero-order valence-corrected chi connectivity index (χ0v) is 15.6. The van der Waals surface area contributed by atoms with Crippen LogP contribution in [0.15, 0.2) is 30.5 Å². The van der Waals surface area contributed by atoms with E-state index < -0.39 is 5.54 Å². The topological polar surface area (TPSA) is 79.4 Å². The fourth-order valence-electron chi connectivity index (χ4n) is 4.20. The summed E-state index contributed by atoms with van der Waals surface area (Å²) in [6.45, 7) is 2.79. The summed E-state index contributed by atoms with van der Waals surface area (Å²) in [5.41, 5.74) is 0.143. The van der Waals surface area contributed by atoms with Crippen LogP contribution >= 0.6 is 0 Å². The molecule has 2 aliphatic heterocycles. The maximum absolute atomic E-state index is 13.0. The van der Waals surface area contributed by atoms with Gasteiger partial charge in [-0.2, -0.15) is 4.98 Å². The minimum atomic E-state index is -0.525. The van der Waals surface area contributed by atoms with E-state index in [4.69, 9.17) is 4.74 Å². The van der Waals surface area contributed by atoms with Crippen molar-refractivity contribution in [3.8, 4) is 5.75 Å². The molecule has 7 nitrogen and oxygen atoms in total. The van der Waals surface area contributed by atoms with Crippen molar-refractivity contribution < 1.29 is 13.9 Å². The molecule has 1 saturated heterocycles. The van der Waals surface area contributed by atoms with Gasteiger partial charge >= 0.3 is 0 Å². The van der Waals surface area contributed by atoms with Crippen LogP contribution in [0.3, 0.4) is 0 Å². The van der Waals surface area contributed by atoms with Crippen molar-refractivity contribution in [1.82, 2.24) is 9.97 Å². The highest BCUT2D eigenvalue weighted by molar-refractivity contribution is 6.06. The summed E-state index contributed by atoms with van der Waals surface area (Å²) in [5, 5.41) is 6.29. The third kappa shape index (κ3) is 2.83. The Morgan fingerprint density at radius 3 is 2.89 bits per heavy atom. The number of fused-ring (bicyclic) bond motifs is 3. The largest absolute Gasteiger partial charge is 0.490 e. The summed E-state index contributed by atoms with van der Waals surface area (Å²) in [6, 6.07) is 6.31. The number of carbonyl (C=O) groups excluding carboxylic acids is 1. The molecule has 3 heterocycles. The van der Waals surface area contributed by atoms with E-state index in [9.17, 15) is 9.18 Å². The summed E-state index contributed by atoms with van der Waals surface area (Å²) in [5.74, 6) is 1.78. The van der Waals surface area contributed by atoms with Gasteiger partial charge < -0.3 is 20.3 Å². The zero-order chi connectivity index (χ0) is 19.3. The Bertz CT molecular complexity index is 915. The standard InChI is InChI=1S/C20H22FN5O2/c1-20-7-2-8-26(20)17-16(24-18(20)27)11-22-19(25-17)23-13-9-15(10-13)28-14-5-3-12(21)4-6-14/h3-6,11,13,15H,2,7-10H2,1H3,(H,24,27)(H,22,23,25)/t13?,15?,20-/m1/s1. The highest BCUT2D eigenvalue weighted by atomic mass is 19.1. The van der Waals surface area contributed by atoms with Crippen molar-refractivity contribution in [2.45, 2.75) is 50.3 Å². The quantitative estimate of drug-likeness (QED) is 0.845. The number of ether oxygens (including phenoxy) is 1. The maximum Gasteiger partial charge on any atom is 0.250 e. The SMILES string of the molecule is C[C@]12CCCN1c1nc(NC3CC(Oc4ccc(F)cc4)C3)ncc1NC2=O. The molecule has 1 atom stereocenters. The minimum absolute atomic E-state index is 0.0154. The van der Waals surface area contributed by atoms with Gasteiger partial charge in [0, 0.05) is 25.4 Å². The van der Waals surface area contributed by atoms with Gasteiger partial charge in [0.05, 0.1) is 6.20 Å². The van der Waals surface area contributed by atoms with E-state index in [1.165, 1.54) is 12.1 Å². The number of hydrogen-bond donors (Lipinski definition) is 2. The number of anilines is 3. The molecule has 2 N–H and O–H groups in total. The molecule has 5 rings (SSSR count). The van der Waals surface area contributed by atoms with E-state index in [2.05, 4.69) is 25.5 Å². The molecule has 1 aromatic heterocycles. The van der Waals surface area contributed by atoms with Gasteiger partial charge in [0.15, 0.2) is 5.82 Å². The van der Waals surface area contributed by atoms with Crippen LogP contribution in [-0.4, -0.2) is 40.1 Å². The zero-order valence-electron chi connectivity index (χ0n) is 15.6. The van der Waals surface area contributed by atoms with Crippen molar-refractivity contribution in [2.24, 2.45) is 0 Å². The first-order valence-corrected chi connectivity index (χ1v) is 9.66. The highest BCUT2D eigenvalue weighted by Crippen LogP contribution is 2.41. The number of benzene rings is 1. The highest BCUT2D eigenvalue weighted by Gasteiger charge is 2.48. The number of rotatable bonds is 4. The van der Waals surface area contributed by atoms with E-state index in [1.807, 2.05) is 6.92 Å². The molecule has 1 aromatic carbocycles. The summed E-state index contributed by atoms with van der Waals surface area (Å²) >= 11 is 0. The Balaban J connectivity index is 1.23. The van der Waals surface area contributed by atoms with Gasteiger partial charge in [-0.1, -0.05) is 0 Å². The van der Waals surface area contributed by atoms with Crippen molar-refractivity contribution in [3.63, 3.8) is 0 Å². The monoisotopic (exact) mass is 383 g/mol. The lowest BCUT2D eigenvalue weighted by atomic mass is 9.89. The van der Waals surface area contributed by atoms with Gasteiger partial charge in [0.25, 0.3) is 0 Å². The average molecular weight is 383 g/mol. The fourth-order valence-corrected chi connectivity index (χ4v) is 4.20. The molecular weight excluding hydrogens is 361 g/mol. The maximum atomic E-state index is 13.0. The van der Waals surface area contributed by atoms with Gasteiger partial charge in [0.1, 0.15) is 28.9 Å². The Morgan fingerprint density at radius 2 is 2.11 bits per heavy atom. The van der Waals surface area contributed by atoms with Crippen molar-refractivity contribution in [1.29, 1.82) is 0 Å². The second-order valence-electron chi connectivity index (χ2n) is 7.92. The van der Waals surface area contributed by atoms with Crippen molar-refractivity contribution in [3.05, 3.63) is 36.3 Å². The molecule has 0 spiro atoms. The first-order valence-electron chi connectivity index (χ1n) is 9.66. The van der Waals surface area contributed by atoms with Crippen molar-refractivity contribution in [2.75, 3.05) is 22.1 Å². The number of nitrogens with zero attached hydrogens (tertiary/aromatic N) is 3. The van der Waals surface area contributed by atoms with Gasteiger partial charge in [0.2, 0.25) is 11.9 Å². The Morgan fingerprint density at radius 1 is 1.32 bits per heavy atom. The first kappa shape index (κ1) is 17.2. The molecule has 146 valence electrons. The number of nitrogens with one attached hydrogen (secondary N) is 2. The van der Waals surface area contributed by atoms with E-state index in [-0.39, 0.29) is 23.9 Å². The molecule has 8 heteroatoms. The van der Waals surface area contributed by atoms with E-state index >= 15 is 0 Å². The lowest BCUT2D eigenvalue weighted by Crippen LogP contribution is -2.54. The Hall–Kier alpha value is -2.90. The molecule has 0 bridgehead atoms. The molecule has 2 fully saturated rings. The third-order valence-corrected chi connectivity index (χ3v) is 5.95. The minimum Gasteiger partial charge on any atom is -0.490 e. The molecule has 28 heavy (non-hydrogen) atoms. The molecular formula is C20H22FN5O2.